The molecule has 2 heterocycles. The third kappa shape index (κ3) is 2.82. The van der Waals surface area contributed by atoms with Crippen molar-refractivity contribution < 1.29 is 8.42 Å². The summed E-state index contributed by atoms with van der Waals surface area (Å²) in [4.78, 5) is 6.62. The summed E-state index contributed by atoms with van der Waals surface area (Å²) in [5.74, 6) is 0.552. The molecule has 0 fully saturated rings. The van der Waals surface area contributed by atoms with E-state index in [0.29, 0.717) is 11.5 Å². The molecule has 0 unspecified atom stereocenters. The van der Waals surface area contributed by atoms with Gasteiger partial charge >= 0.3 is 0 Å². The fourth-order valence-corrected chi connectivity index (χ4v) is 3.00. The lowest BCUT2D eigenvalue weighted by molar-refractivity contribution is 0.598. The summed E-state index contributed by atoms with van der Waals surface area (Å²) in [7, 11) is -3.66. The molecule has 1 aromatic carbocycles. The van der Waals surface area contributed by atoms with Gasteiger partial charge in [0.15, 0.2) is 5.03 Å². The summed E-state index contributed by atoms with van der Waals surface area (Å²) in [6, 6.07) is 11.0. The van der Waals surface area contributed by atoms with Crippen LogP contribution in [-0.2, 0) is 10.0 Å². The number of H-pyrrole nitrogens is 1. The normalized spacial score (nSPS) is 11.5. The predicted molar refractivity (Wildman–Crippen MR) is 79.9 cm³/mol. The molecule has 0 aliphatic rings. The zero-order valence-electron chi connectivity index (χ0n) is 11.3. The summed E-state index contributed by atoms with van der Waals surface area (Å²) >= 11 is 0. The van der Waals surface area contributed by atoms with Gasteiger partial charge in [-0.1, -0.05) is 6.07 Å². The molecule has 21 heavy (non-hydrogen) atoms. The molecule has 0 spiro atoms. The van der Waals surface area contributed by atoms with Gasteiger partial charge in [0.25, 0.3) is 10.0 Å². The van der Waals surface area contributed by atoms with E-state index in [1.165, 1.54) is 6.20 Å². The molecule has 0 aliphatic carbocycles. The van der Waals surface area contributed by atoms with E-state index in [0.717, 1.165) is 5.69 Å². The highest BCUT2D eigenvalue weighted by Crippen LogP contribution is 2.18. The van der Waals surface area contributed by atoms with Gasteiger partial charge in [-0.15, -0.1) is 0 Å². The van der Waals surface area contributed by atoms with Crippen LogP contribution < -0.4 is 4.72 Å². The SMILES string of the molecule is Cc1ncc(S(=O)(=O)Nc2cccc(-n3cccc3)c2)[nH]1. The summed E-state index contributed by atoms with van der Waals surface area (Å²) < 4.78 is 28.9. The zero-order chi connectivity index (χ0) is 14.9. The molecule has 0 saturated heterocycles. The van der Waals surface area contributed by atoms with Crippen LogP contribution in [0.15, 0.2) is 60.0 Å². The molecule has 7 heteroatoms. The Hall–Kier alpha value is -2.54. The van der Waals surface area contributed by atoms with Gasteiger partial charge in [-0.3, -0.25) is 4.72 Å². The van der Waals surface area contributed by atoms with Crippen LogP contribution in [0.3, 0.4) is 0 Å². The first-order valence-corrected chi connectivity index (χ1v) is 7.81. The summed E-state index contributed by atoms with van der Waals surface area (Å²) in [6.07, 6.45) is 5.09. The van der Waals surface area contributed by atoms with Crippen LogP contribution in [0.5, 0.6) is 0 Å². The number of nitrogens with zero attached hydrogens (tertiary/aromatic N) is 2. The number of imidazole rings is 1. The Morgan fingerprint density at radius 1 is 1.19 bits per heavy atom. The number of aromatic nitrogens is 3. The van der Waals surface area contributed by atoms with Crippen molar-refractivity contribution in [3.8, 4) is 5.69 Å². The average molecular weight is 302 g/mol. The Labute approximate surface area is 122 Å². The molecule has 0 amide bonds. The van der Waals surface area contributed by atoms with Crippen molar-refractivity contribution in [2.24, 2.45) is 0 Å². The molecular weight excluding hydrogens is 288 g/mol. The maximum Gasteiger partial charge on any atom is 0.278 e. The van der Waals surface area contributed by atoms with Gasteiger partial charge in [-0.05, 0) is 37.3 Å². The number of aryl methyl sites for hydroxylation is 1. The summed E-state index contributed by atoms with van der Waals surface area (Å²) in [6.45, 7) is 1.70. The second-order valence-electron chi connectivity index (χ2n) is 4.58. The summed E-state index contributed by atoms with van der Waals surface area (Å²) in [5.41, 5.74) is 1.37. The van der Waals surface area contributed by atoms with Gasteiger partial charge in [0, 0.05) is 18.1 Å². The van der Waals surface area contributed by atoms with Crippen molar-refractivity contribution in [3.05, 3.63) is 60.8 Å². The third-order valence-corrected chi connectivity index (χ3v) is 4.26. The Morgan fingerprint density at radius 3 is 2.62 bits per heavy atom. The van der Waals surface area contributed by atoms with E-state index < -0.39 is 10.0 Å². The minimum absolute atomic E-state index is 0.0476. The van der Waals surface area contributed by atoms with Gasteiger partial charge in [-0.2, -0.15) is 8.42 Å². The van der Waals surface area contributed by atoms with Gasteiger partial charge in [0.1, 0.15) is 5.82 Å². The van der Waals surface area contributed by atoms with Crippen LogP contribution in [0.1, 0.15) is 5.82 Å². The highest BCUT2D eigenvalue weighted by molar-refractivity contribution is 7.92. The van der Waals surface area contributed by atoms with Crippen molar-refractivity contribution in [3.63, 3.8) is 0 Å². The Bertz CT molecular complexity index is 851. The standard InChI is InChI=1S/C14H14N4O2S/c1-11-15-10-14(16-11)21(19,20)17-12-5-4-6-13(9-12)18-7-2-3-8-18/h2-10,17H,1H3,(H,15,16). The first kappa shape index (κ1) is 13.4. The molecule has 0 atom stereocenters. The van der Waals surface area contributed by atoms with Crippen LogP contribution in [0.2, 0.25) is 0 Å². The highest BCUT2D eigenvalue weighted by Gasteiger charge is 2.16. The minimum atomic E-state index is -3.66. The molecule has 6 nitrogen and oxygen atoms in total. The second-order valence-corrected chi connectivity index (χ2v) is 6.23. The molecular formula is C14H14N4O2S. The van der Waals surface area contributed by atoms with Crippen molar-refractivity contribution in [1.82, 2.24) is 14.5 Å². The first-order chi connectivity index (χ1) is 10.0. The van der Waals surface area contributed by atoms with Crippen LogP contribution in [0, 0.1) is 6.92 Å². The van der Waals surface area contributed by atoms with Crippen LogP contribution in [-0.4, -0.2) is 23.0 Å². The molecule has 0 aliphatic heterocycles. The molecule has 0 saturated carbocycles. The molecule has 0 radical (unpaired) electrons. The van der Waals surface area contributed by atoms with Crippen LogP contribution >= 0.6 is 0 Å². The average Bonchev–Trinajstić information content (AvgIpc) is 3.09. The van der Waals surface area contributed by atoms with Gasteiger partial charge in [0.2, 0.25) is 0 Å². The van der Waals surface area contributed by atoms with E-state index in [4.69, 9.17) is 0 Å². The maximum atomic E-state index is 12.2. The third-order valence-electron chi connectivity index (χ3n) is 2.97. The minimum Gasteiger partial charge on any atom is -0.332 e. The Kier molecular flexibility index (Phi) is 3.26. The lowest BCUT2D eigenvalue weighted by Gasteiger charge is -2.09. The zero-order valence-corrected chi connectivity index (χ0v) is 12.1. The topological polar surface area (TPSA) is 79.8 Å². The van der Waals surface area contributed by atoms with Gasteiger partial charge < -0.3 is 9.55 Å². The van der Waals surface area contributed by atoms with Gasteiger partial charge in [0.05, 0.1) is 11.9 Å². The number of benzene rings is 1. The smallest absolute Gasteiger partial charge is 0.278 e. The Morgan fingerprint density at radius 2 is 1.95 bits per heavy atom. The predicted octanol–water partition coefficient (Wildman–Crippen LogP) is 2.31. The van der Waals surface area contributed by atoms with Crippen molar-refractivity contribution in [2.75, 3.05) is 4.72 Å². The number of aromatic amines is 1. The van der Waals surface area contributed by atoms with Crippen LogP contribution in [0.4, 0.5) is 5.69 Å². The molecule has 2 N–H and O–H groups in total. The lowest BCUT2D eigenvalue weighted by atomic mass is 10.3. The van der Waals surface area contributed by atoms with E-state index in [1.807, 2.05) is 35.2 Å². The van der Waals surface area contributed by atoms with E-state index in [-0.39, 0.29) is 5.03 Å². The number of hydrogen-bond donors (Lipinski definition) is 2. The van der Waals surface area contributed by atoms with E-state index in [9.17, 15) is 8.42 Å². The van der Waals surface area contributed by atoms with E-state index in [2.05, 4.69) is 14.7 Å². The maximum absolute atomic E-state index is 12.2. The van der Waals surface area contributed by atoms with Crippen LogP contribution in [0.25, 0.3) is 5.69 Å². The molecule has 0 bridgehead atoms. The number of sulfonamides is 1. The first-order valence-electron chi connectivity index (χ1n) is 6.32. The second kappa shape index (κ2) is 5.10. The highest BCUT2D eigenvalue weighted by atomic mass is 32.2. The fraction of sp³-hybridized carbons (Fsp3) is 0.0714. The lowest BCUT2D eigenvalue weighted by Crippen LogP contribution is -2.13. The number of hydrogen-bond acceptors (Lipinski definition) is 3. The Balaban J connectivity index is 1.90. The monoisotopic (exact) mass is 302 g/mol. The fourth-order valence-electron chi connectivity index (χ4n) is 1.98. The number of nitrogens with one attached hydrogen (secondary N) is 2. The van der Waals surface area contributed by atoms with Crippen molar-refractivity contribution >= 4 is 15.7 Å². The van der Waals surface area contributed by atoms with E-state index in [1.54, 1.807) is 25.1 Å². The summed E-state index contributed by atoms with van der Waals surface area (Å²) in [5, 5.41) is 0.0476. The number of rotatable bonds is 4. The largest absolute Gasteiger partial charge is 0.332 e. The van der Waals surface area contributed by atoms with Gasteiger partial charge in [-0.25, -0.2) is 4.98 Å². The molecule has 3 aromatic rings. The van der Waals surface area contributed by atoms with E-state index >= 15 is 0 Å². The molecule has 108 valence electrons. The molecule has 2 aromatic heterocycles. The quantitative estimate of drug-likeness (QED) is 0.776. The van der Waals surface area contributed by atoms with Crippen molar-refractivity contribution in [2.45, 2.75) is 11.9 Å². The number of anilines is 1. The van der Waals surface area contributed by atoms with Crippen molar-refractivity contribution in [1.29, 1.82) is 0 Å². The molecule has 3 rings (SSSR count).